The van der Waals surface area contributed by atoms with E-state index in [0.29, 0.717) is 26.2 Å². The minimum Gasteiger partial charge on any atom is -0.342 e. The van der Waals surface area contributed by atoms with Crippen LogP contribution in [0, 0.1) is 0 Å². The normalized spacial score (nSPS) is 11.5. The van der Waals surface area contributed by atoms with E-state index >= 15 is 0 Å². The maximum Gasteiger partial charge on any atom is 0.254 e. The fourth-order valence-corrected chi connectivity index (χ4v) is 4.18. The number of hydrogen-bond acceptors (Lipinski definition) is 4. The molecule has 26 heavy (non-hydrogen) atoms. The Hall–Kier alpha value is -1.93. The largest absolute Gasteiger partial charge is 0.342 e. The number of nitrogens with zero attached hydrogens (tertiary/aromatic N) is 3. The summed E-state index contributed by atoms with van der Waals surface area (Å²) in [7, 11) is -2.10. The molecule has 0 radical (unpaired) electrons. The van der Waals surface area contributed by atoms with Gasteiger partial charge in [-0.05, 0) is 32.0 Å². The van der Waals surface area contributed by atoms with Crippen LogP contribution in [0.25, 0.3) is 0 Å². The Morgan fingerprint density at radius 1 is 0.962 bits per heavy atom. The number of amides is 2. The van der Waals surface area contributed by atoms with E-state index in [9.17, 15) is 18.0 Å². The van der Waals surface area contributed by atoms with Gasteiger partial charge >= 0.3 is 0 Å². The summed E-state index contributed by atoms with van der Waals surface area (Å²) >= 11 is 0. The maximum atomic E-state index is 12.6. The van der Waals surface area contributed by atoms with Gasteiger partial charge in [-0.15, -0.1) is 0 Å². The molecule has 0 saturated heterocycles. The van der Waals surface area contributed by atoms with Crippen LogP contribution in [0.3, 0.4) is 0 Å². The molecule has 0 unspecified atom stereocenters. The van der Waals surface area contributed by atoms with Crippen molar-refractivity contribution in [3.8, 4) is 0 Å². The van der Waals surface area contributed by atoms with E-state index in [2.05, 4.69) is 0 Å². The first-order valence-corrected chi connectivity index (χ1v) is 10.3. The molecule has 0 atom stereocenters. The molecule has 0 N–H and O–H groups in total. The highest BCUT2D eigenvalue weighted by Gasteiger charge is 2.24. The van der Waals surface area contributed by atoms with Crippen LogP contribution in [-0.2, 0) is 14.8 Å². The fourth-order valence-electron chi connectivity index (χ4n) is 2.67. The first-order valence-electron chi connectivity index (χ1n) is 8.86. The first kappa shape index (κ1) is 22.1. The molecule has 0 fully saturated rings. The third-order valence-corrected chi connectivity index (χ3v) is 6.31. The summed E-state index contributed by atoms with van der Waals surface area (Å²) in [6.07, 6.45) is 0. The molecule has 1 rings (SSSR count). The average Bonchev–Trinajstić information content (AvgIpc) is 2.62. The van der Waals surface area contributed by atoms with Crippen molar-refractivity contribution in [1.29, 1.82) is 0 Å². The third kappa shape index (κ3) is 5.04. The van der Waals surface area contributed by atoms with Gasteiger partial charge in [0.1, 0.15) is 0 Å². The van der Waals surface area contributed by atoms with Crippen LogP contribution in [0.15, 0.2) is 29.2 Å². The predicted octanol–water partition coefficient (Wildman–Crippen LogP) is 1.66. The highest BCUT2D eigenvalue weighted by Crippen LogP contribution is 2.17. The molecule has 0 aliphatic carbocycles. The summed E-state index contributed by atoms with van der Waals surface area (Å²) in [6.45, 7) is 9.11. The molecule has 1 aromatic rings. The molecule has 0 saturated carbocycles. The van der Waals surface area contributed by atoms with Crippen molar-refractivity contribution in [2.24, 2.45) is 0 Å². The molecule has 2 amide bonds. The Morgan fingerprint density at radius 2 is 1.54 bits per heavy atom. The van der Waals surface area contributed by atoms with Gasteiger partial charge in [0.2, 0.25) is 15.9 Å². The van der Waals surface area contributed by atoms with E-state index in [1.54, 1.807) is 30.9 Å². The lowest BCUT2D eigenvalue weighted by molar-refractivity contribution is -0.131. The molecule has 1 aromatic carbocycles. The number of carbonyl (C=O) groups excluding carboxylic acids is 2. The molecule has 8 heteroatoms. The second-order valence-corrected chi connectivity index (χ2v) is 7.78. The van der Waals surface area contributed by atoms with E-state index in [-0.39, 0.29) is 28.8 Å². The second kappa shape index (κ2) is 9.68. The van der Waals surface area contributed by atoms with Gasteiger partial charge in [-0.3, -0.25) is 9.59 Å². The maximum absolute atomic E-state index is 12.6. The molecule has 0 bridgehead atoms. The van der Waals surface area contributed by atoms with Gasteiger partial charge in [0.05, 0.1) is 11.4 Å². The molecular formula is C18H29N3O4S. The van der Waals surface area contributed by atoms with Crippen LogP contribution in [0.5, 0.6) is 0 Å². The topological polar surface area (TPSA) is 78.0 Å². The van der Waals surface area contributed by atoms with Crippen molar-refractivity contribution in [2.75, 3.05) is 39.8 Å². The van der Waals surface area contributed by atoms with Gasteiger partial charge in [0.15, 0.2) is 0 Å². The summed E-state index contributed by atoms with van der Waals surface area (Å²) in [4.78, 5) is 27.8. The van der Waals surface area contributed by atoms with Crippen molar-refractivity contribution >= 4 is 21.8 Å². The minimum atomic E-state index is -3.64. The van der Waals surface area contributed by atoms with E-state index in [4.69, 9.17) is 0 Å². The van der Waals surface area contributed by atoms with Crippen LogP contribution in [0.2, 0.25) is 0 Å². The molecule has 0 aromatic heterocycles. The lowest BCUT2D eigenvalue weighted by Crippen LogP contribution is -2.41. The Labute approximate surface area is 156 Å². The quantitative estimate of drug-likeness (QED) is 0.650. The second-order valence-electron chi connectivity index (χ2n) is 5.84. The van der Waals surface area contributed by atoms with Gasteiger partial charge in [-0.1, -0.05) is 19.9 Å². The molecular weight excluding hydrogens is 354 g/mol. The molecule has 0 spiro atoms. The average molecular weight is 384 g/mol. The number of hydrogen-bond donors (Lipinski definition) is 0. The van der Waals surface area contributed by atoms with E-state index < -0.39 is 10.0 Å². The Kier molecular flexibility index (Phi) is 8.23. The number of sulfonamides is 1. The van der Waals surface area contributed by atoms with Gasteiger partial charge in [0.25, 0.3) is 5.91 Å². The highest BCUT2D eigenvalue weighted by atomic mass is 32.2. The van der Waals surface area contributed by atoms with E-state index in [0.717, 1.165) is 0 Å². The lowest BCUT2D eigenvalue weighted by Gasteiger charge is -2.23. The molecule has 0 aliphatic heterocycles. The van der Waals surface area contributed by atoms with Crippen LogP contribution < -0.4 is 0 Å². The van der Waals surface area contributed by atoms with Crippen molar-refractivity contribution in [1.82, 2.24) is 14.1 Å². The molecule has 7 nitrogen and oxygen atoms in total. The zero-order chi connectivity index (χ0) is 19.9. The monoisotopic (exact) mass is 383 g/mol. The van der Waals surface area contributed by atoms with Crippen molar-refractivity contribution in [2.45, 2.75) is 32.6 Å². The summed E-state index contributed by atoms with van der Waals surface area (Å²) < 4.78 is 26.6. The zero-order valence-corrected chi connectivity index (χ0v) is 17.0. The summed E-state index contributed by atoms with van der Waals surface area (Å²) in [5.74, 6) is -0.528. The Balaban J connectivity index is 3.03. The molecule has 146 valence electrons. The van der Waals surface area contributed by atoms with Crippen LogP contribution in [-0.4, -0.2) is 74.1 Å². The number of rotatable bonds is 9. The van der Waals surface area contributed by atoms with E-state index in [1.807, 2.05) is 13.8 Å². The Bertz CT molecular complexity index is 726. The third-order valence-electron chi connectivity index (χ3n) is 4.26. The number of carbonyl (C=O) groups is 2. The summed E-state index contributed by atoms with van der Waals surface area (Å²) in [5, 5.41) is 0. The zero-order valence-electron chi connectivity index (χ0n) is 16.2. The standard InChI is InChI=1S/C18H29N3O4S/c1-6-20(7-2)17(22)14-19(5)18(23)15-11-10-12-16(13-15)26(24,25)21(8-3)9-4/h10-13H,6-9,14H2,1-5H3. The molecule has 0 heterocycles. The summed E-state index contributed by atoms with van der Waals surface area (Å²) in [5.41, 5.74) is 0.244. The number of benzene rings is 1. The molecule has 0 aliphatic rings. The van der Waals surface area contributed by atoms with Crippen molar-refractivity contribution < 1.29 is 18.0 Å². The number of likely N-dealkylation sites (N-methyl/N-ethyl adjacent to an activating group) is 2. The smallest absolute Gasteiger partial charge is 0.254 e. The lowest BCUT2D eigenvalue weighted by atomic mass is 10.2. The van der Waals surface area contributed by atoms with Crippen molar-refractivity contribution in [3.63, 3.8) is 0 Å². The van der Waals surface area contributed by atoms with Crippen LogP contribution >= 0.6 is 0 Å². The fraction of sp³-hybridized carbons (Fsp3) is 0.556. The Morgan fingerprint density at radius 3 is 2.04 bits per heavy atom. The minimum absolute atomic E-state index is 0.0481. The summed E-state index contributed by atoms with van der Waals surface area (Å²) in [6, 6.07) is 5.95. The van der Waals surface area contributed by atoms with Gasteiger partial charge < -0.3 is 9.80 Å². The van der Waals surface area contributed by atoms with Gasteiger partial charge in [-0.25, -0.2) is 8.42 Å². The highest BCUT2D eigenvalue weighted by molar-refractivity contribution is 7.89. The van der Waals surface area contributed by atoms with Crippen LogP contribution in [0.1, 0.15) is 38.1 Å². The SMILES string of the molecule is CCN(CC)C(=O)CN(C)C(=O)c1cccc(S(=O)(=O)N(CC)CC)c1. The van der Waals surface area contributed by atoms with Crippen LogP contribution in [0.4, 0.5) is 0 Å². The van der Waals surface area contributed by atoms with E-state index in [1.165, 1.54) is 28.4 Å². The van der Waals surface area contributed by atoms with Gasteiger partial charge in [0, 0.05) is 38.8 Å². The predicted molar refractivity (Wildman–Crippen MR) is 101 cm³/mol. The van der Waals surface area contributed by atoms with Gasteiger partial charge in [-0.2, -0.15) is 4.31 Å². The first-order chi connectivity index (χ1) is 12.2. The van der Waals surface area contributed by atoms with Crippen molar-refractivity contribution in [3.05, 3.63) is 29.8 Å².